The number of piperidine rings is 1. The molecule has 1 atom stereocenters. The van der Waals surface area contributed by atoms with Crippen LogP contribution in [0.4, 0.5) is 0 Å². The Labute approximate surface area is 112 Å². The number of likely N-dealkylation sites (tertiary alicyclic amines) is 1. The smallest absolute Gasteiger partial charge is 0.231 e. The molecule has 1 fully saturated rings. The van der Waals surface area contributed by atoms with Gasteiger partial charge in [-0.25, -0.2) is 0 Å². The van der Waals surface area contributed by atoms with Crippen LogP contribution in [0.1, 0.15) is 18.4 Å². The van der Waals surface area contributed by atoms with Crippen LogP contribution in [0.25, 0.3) is 0 Å². The molecule has 2 heterocycles. The van der Waals surface area contributed by atoms with Crippen molar-refractivity contribution in [3.63, 3.8) is 0 Å². The van der Waals surface area contributed by atoms with Crippen LogP contribution in [-0.2, 0) is 11.3 Å². The Hall–Kier alpha value is -1.75. The molecule has 0 bridgehead atoms. The summed E-state index contributed by atoms with van der Waals surface area (Å²) in [7, 11) is 0. The van der Waals surface area contributed by atoms with Gasteiger partial charge in [-0.1, -0.05) is 6.07 Å². The summed E-state index contributed by atoms with van der Waals surface area (Å²) in [5.41, 5.74) is 6.57. The molecule has 1 saturated heterocycles. The molecular formula is C14H18N2O3. The topological polar surface area (TPSA) is 64.8 Å². The van der Waals surface area contributed by atoms with Gasteiger partial charge in [0.2, 0.25) is 12.7 Å². The molecule has 0 spiro atoms. The lowest BCUT2D eigenvalue weighted by Crippen LogP contribution is -2.40. The van der Waals surface area contributed by atoms with Crippen molar-refractivity contribution in [2.75, 3.05) is 19.9 Å². The van der Waals surface area contributed by atoms with Gasteiger partial charge in [0.05, 0.1) is 5.92 Å². The van der Waals surface area contributed by atoms with Crippen molar-refractivity contribution in [2.45, 2.75) is 19.4 Å². The summed E-state index contributed by atoms with van der Waals surface area (Å²) in [5.74, 6) is 1.41. The van der Waals surface area contributed by atoms with Gasteiger partial charge in [-0.3, -0.25) is 9.69 Å². The van der Waals surface area contributed by atoms with E-state index in [1.165, 1.54) is 5.56 Å². The lowest BCUT2D eigenvalue weighted by atomic mass is 9.97. The normalized spacial score (nSPS) is 22.4. The summed E-state index contributed by atoms with van der Waals surface area (Å²) in [6.07, 6.45) is 1.94. The summed E-state index contributed by atoms with van der Waals surface area (Å²) in [6.45, 7) is 2.88. The SMILES string of the molecule is NC(=O)C1CCCN(Cc2ccc3c(c2)OCO3)C1. The number of rotatable bonds is 3. The summed E-state index contributed by atoms with van der Waals surface area (Å²) < 4.78 is 10.7. The van der Waals surface area contributed by atoms with Gasteiger partial charge in [0.1, 0.15) is 0 Å². The molecular weight excluding hydrogens is 244 g/mol. The molecule has 1 amide bonds. The quantitative estimate of drug-likeness (QED) is 0.886. The number of amides is 1. The Bertz CT molecular complexity index is 490. The fourth-order valence-electron chi connectivity index (χ4n) is 2.73. The molecule has 102 valence electrons. The third-order valence-corrected chi connectivity index (χ3v) is 3.75. The Balaban J connectivity index is 1.66. The van der Waals surface area contributed by atoms with Crippen molar-refractivity contribution < 1.29 is 14.3 Å². The number of hydrogen-bond donors (Lipinski definition) is 1. The maximum absolute atomic E-state index is 11.3. The average molecular weight is 262 g/mol. The van der Waals surface area contributed by atoms with E-state index in [1.807, 2.05) is 18.2 Å². The van der Waals surface area contributed by atoms with E-state index in [0.29, 0.717) is 6.79 Å². The Morgan fingerprint density at radius 2 is 2.21 bits per heavy atom. The van der Waals surface area contributed by atoms with Gasteiger partial charge >= 0.3 is 0 Å². The largest absolute Gasteiger partial charge is 0.454 e. The van der Waals surface area contributed by atoms with E-state index < -0.39 is 0 Å². The number of nitrogens with two attached hydrogens (primary N) is 1. The number of ether oxygens (including phenoxy) is 2. The molecule has 0 saturated carbocycles. The fourth-order valence-corrected chi connectivity index (χ4v) is 2.73. The van der Waals surface area contributed by atoms with E-state index in [1.54, 1.807) is 0 Å². The molecule has 19 heavy (non-hydrogen) atoms. The Morgan fingerprint density at radius 3 is 3.05 bits per heavy atom. The number of primary amides is 1. The van der Waals surface area contributed by atoms with Crippen LogP contribution < -0.4 is 15.2 Å². The predicted octanol–water partition coefficient (Wildman–Crippen LogP) is 1.11. The highest BCUT2D eigenvalue weighted by atomic mass is 16.7. The zero-order valence-corrected chi connectivity index (χ0v) is 10.8. The lowest BCUT2D eigenvalue weighted by Gasteiger charge is -2.31. The molecule has 5 nitrogen and oxygen atoms in total. The highest BCUT2D eigenvalue weighted by Gasteiger charge is 2.24. The lowest BCUT2D eigenvalue weighted by molar-refractivity contribution is -0.123. The first-order valence-electron chi connectivity index (χ1n) is 6.62. The zero-order valence-electron chi connectivity index (χ0n) is 10.8. The minimum Gasteiger partial charge on any atom is -0.454 e. The van der Waals surface area contributed by atoms with Crippen molar-refractivity contribution in [1.82, 2.24) is 4.90 Å². The van der Waals surface area contributed by atoms with Gasteiger partial charge in [0, 0.05) is 13.1 Å². The number of fused-ring (bicyclic) bond motifs is 1. The maximum Gasteiger partial charge on any atom is 0.231 e. The first kappa shape index (κ1) is 12.3. The average Bonchev–Trinajstić information content (AvgIpc) is 2.86. The maximum atomic E-state index is 11.3. The van der Waals surface area contributed by atoms with Crippen molar-refractivity contribution in [1.29, 1.82) is 0 Å². The molecule has 0 aromatic heterocycles. The molecule has 1 aromatic rings. The van der Waals surface area contributed by atoms with Crippen LogP contribution in [0.15, 0.2) is 18.2 Å². The molecule has 1 unspecified atom stereocenters. The first-order chi connectivity index (χ1) is 9.22. The third kappa shape index (κ3) is 2.66. The monoisotopic (exact) mass is 262 g/mol. The molecule has 0 radical (unpaired) electrons. The summed E-state index contributed by atoms with van der Waals surface area (Å²) in [5, 5.41) is 0. The minimum absolute atomic E-state index is 0.0113. The van der Waals surface area contributed by atoms with E-state index >= 15 is 0 Å². The van der Waals surface area contributed by atoms with Crippen LogP contribution in [0.3, 0.4) is 0 Å². The van der Waals surface area contributed by atoms with Gasteiger partial charge in [-0.05, 0) is 37.1 Å². The summed E-state index contributed by atoms with van der Waals surface area (Å²) in [6, 6.07) is 5.99. The van der Waals surface area contributed by atoms with Crippen molar-refractivity contribution in [3.8, 4) is 11.5 Å². The Morgan fingerprint density at radius 1 is 1.37 bits per heavy atom. The number of nitrogens with zero attached hydrogens (tertiary/aromatic N) is 1. The molecule has 3 rings (SSSR count). The van der Waals surface area contributed by atoms with E-state index in [4.69, 9.17) is 15.2 Å². The van der Waals surface area contributed by atoms with Crippen LogP contribution in [0.5, 0.6) is 11.5 Å². The van der Waals surface area contributed by atoms with Gasteiger partial charge < -0.3 is 15.2 Å². The number of hydrogen-bond acceptors (Lipinski definition) is 4. The van der Waals surface area contributed by atoms with Crippen molar-refractivity contribution in [3.05, 3.63) is 23.8 Å². The highest BCUT2D eigenvalue weighted by Crippen LogP contribution is 2.33. The molecule has 2 aliphatic rings. The van der Waals surface area contributed by atoms with Crippen LogP contribution in [0.2, 0.25) is 0 Å². The number of benzene rings is 1. The van der Waals surface area contributed by atoms with Crippen molar-refractivity contribution >= 4 is 5.91 Å². The van der Waals surface area contributed by atoms with Gasteiger partial charge in [-0.2, -0.15) is 0 Å². The fraction of sp³-hybridized carbons (Fsp3) is 0.500. The zero-order chi connectivity index (χ0) is 13.2. The van der Waals surface area contributed by atoms with Crippen LogP contribution in [-0.4, -0.2) is 30.7 Å². The second-order valence-corrected chi connectivity index (χ2v) is 5.16. The molecule has 5 heteroatoms. The van der Waals surface area contributed by atoms with E-state index in [9.17, 15) is 4.79 Å². The van der Waals surface area contributed by atoms with Gasteiger partial charge in [0.15, 0.2) is 11.5 Å². The summed E-state index contributed by atoms with van der Waals surface area (Å²) in [4.78, 5) is 13.5. The van der Waals surface area contributed by atoms with Gasteiger partial charge in [-0.15, -0.1) is 0 Å². The van der Waals surface area contributed by atoms with Crippen molar-refractivity contribution in [2.24, 2.45) is 11.7 Å². The third-order valence-electron chi connectivity index (χ3n) is 3.75. The molecule has 2 N–H and O–H groups in total. The molecule has 0 aliphatic carbocycles. The molecule has 1 aromatic carbocycles. The second-order valence-electron chi connectivity index (χ2n) is 5.16. The highest BCUT2D eigenvalue weighted by molar-refractivity contribution is 5.76. The van der Waals surface area contributed by atoms with E-state index in [-0.39, 0.29) is 11.8 Å². The van der Waals surface area contributed by atoms with Crippen LogP contribution >= 0.6 is 0 Å². The van der Waals surface area contributed by atoms with E-state index in [2.05, 4.69) is 4.90 Å². The molecule has 2 aliphatic heterocycles. The number of carbonyl (C=O) groups excluding carboxylic acids is 1. The van der Waals surface area contributed by atoms with Gasteiger partial charge in [0.25, 0.3) is 0 Å². The predicted molar refractivity (Wildman–Crippen MR) is 69.8 cm³/mol. The minimum atomic E-state index is -0.185. The summed E-state index contributed by atoms with van der Waals surface area (Å²) >= 11 is 0. The van der Waals surface area contributed by atoms with E-state index in [0.717, 1.165) is 44.0 Å². The standard InChI is InChI=1S/C14H18N2O3/c15-14(17)11-2-1-5-16(8-11)7-10-3-4-12-13(6-10)19-9-18-12/h3-4,6,11H,1-2,5,7-9H2,(H2,15,17). The van der Waals surface area contributed by atoms with Crippen LogP contribution in [0, 0.1) is 5.92 Å². The second kappa shape index (κ2) is 5.09. The number of carbonyl (C=O) groups is 1. The first-order valence-corrected chi connectivity index (χ1v) is 6.62. The Kier molecular flexibility index (Phi) is 3.29.